The molecule has 3 heteroatoms. The largest absolute Gasteiger partial charge is 0.402 e. The molecular weight excluding hydrogens is 136 g/mol. The van der Waals surface area contributed by atoms with E-state index in [0.29, 0.717) is 10.9 Å². The van der Waals surface area contributed by atoms with Gasteiger partial charge in [-0.25, -0.2) is 0 Å². The minimum absolute atomic E-state index is 0.481. The average Bonchev–Trinajstić information content (AvgIpc) is 1.84. The number of hydrogen-bond acceptors (Lipinski definition) is 2. The highest BCUT2D eigenvalue weighted by atomic mass is 35.5. The number of nitrogens with zero attached hydrogens (tertiary/aromatic N) is 1. The van der Waals surface area contributed by atoms with Crippen molar-refractivity contribution in [1.29, 1.82) is 0 Å². The molecule has 52 valence electrons. The third kappa shape index (κ3) is 2.51. The van der Waals surface area contributed by atoms with Crippen LogP contribution >= 0.6 is 11.6 Å². The van der Waals surface area contributed by atoms with E-state index in [1.54, 1.807) is 14.0 Å². The Morgan fingerprint density at radius 2 is 1.89 bits per heavy atom. The first kappa shape index (κ1) is 8.50. The predicted molar refractivity (Wildman–Crippen MR) is 41.8 cm³/mol. The molecule has 0 aliphatic rings. The number of hydrogen-bond donors (Lipinski definition) is 1. The van der Waals surface area contributed by atoms with E-state index in [1.807, 2.05) is 6.92 Å². The molecule has 0 heterocycles. The third-order valence-corrected chi connectivity index (χ3v) is 1.55. The molecule has 0 rings (SSSR count). The Morgan fingerprint density at radius 3 is 2.00 bits per heavy atom. The van der Waals surface area contributed by atoms with Gasteiger partial charge in [0.2, 0.25) is 0 Å². The van der Waals surface area contributed by atoms with E-state index in [4.69, 9.17) is 17.3 Å². The van der Waals surface area contributed by atoms with Gasteiger partial charge >= 0.3 is 0 Å². The summed E-state index contributed by atoms with van der Waals surface area (Å²) in [7, 11) is 1.63. The summed E-state index contributed by atoms with van der Waals surface area (Å²) in [5.74, 6) is 0. The number of nitrogens with two attached hydrogens (primary N) is 1. The lowest BCUT2D eigenvalue weighted by atomic mass is 10.3. The van der Waals surface area contributed by atoms with Gasteiger partial charge in [0.1, 0.15) is 5.17 Å². The van der Waals surface area contributed by atoms with Gasteiger partial charge in [-0.05, 0) is 13.8 Å². The molecule has 0 unspecified atom stereocenters. The van der Waals surface area contributed by atoms with Crippen LogP contribution in [0.15, 0.2) is 16.3 Å². The van der Waals surface area contributed by atoms with Gasteiger partial charge in [-0.3, -0.25) is 4.99 Å². The summed E-state index contributed by atoms with van der Waals surface area (Å²) >= 11 is 5.62. The van der Waals surface area contributed by atoms with Crippen molar-refractivity contribution in [1.82, 2.24) is 0 Å². The monoisotopic (exact) mass is 146 g/mol. The first-order valence-corrected chi connectivity index (χ1v) is 3.03. The van der Waals surface area contributed by atoms with Crippen molar-refractivity contribution < 1.29 is 0 Å². The van der Waals surface area contributed by atoms with E-state index in [0.717, 1.165) is 5.57 Å². The highest BCUT2D eigenvalue weighted by Gasteiger charge is 1.96. The maximum atomic E-state index is 5.62. The van der Waals surface area contributed by atoms with E-state index in [1.165, 1.54) is 0 Å². The Balaban J connectivity index is 4.40. The molecule has 0 saturated carbocycles. The highest BCUT2D eigenvalue weighted by molar-refractivity contribution is 6.69. The summed E-state index contributed by atoms with van der Waals surface area (Å²) < 4.78 is 0. The second kappa shape index (κ2) is 3.51. The minimum Gasteiger partial charge on any atom is -0.402 e. The Morgan fingerprint density at radius 1 is 1.44 bits per heavy atom. The van der Waals surface area contributed by atoms with Crippen LogP contribution in [-0.4, -0.2) is 12.2 Å². The van der Waals surface area contributed by atoms with Crippen molar-refractivity contribution in [3.63, 3.8) is 0 Å². The maximum Gasteiger partial charge on any atom is 0.127 e. The fraction of sp³-hybridized carbons (Fsp3) is 0.500. The SMILES string of the molecule is CN=C(Cl)C(C)=C(C)N. The number of allylic oxidation sites excluding steroid dienone is 2. The standard InChI is InChI=1S/C6H11ClN2/c1-4(5(2)8)6(7)9-3/h8H2,1-3H3. The summed E-state index contributed by atoms with van der Waals surface area (Å²) in [4.78, 5) is 3.75. The quantitative estimate of drug-likeness (QED) is 0.560. The van der Waals surface area contributed by atoms with Crippen LogP contribution in [-0.2, 0) is 0 Å². The van der Waals surface area contributed by atoms with Gasteiger partial charge in [0, 0.05) is 18.3 Å². The first-order chi connectivity index (χ1) is 4.09. The van der Waals surface area contributed by atoms with Crippen LogP contribution in [0.3, 0.4) is 0 Å². The molecule has 0 saturated heterocycles. The smallest absolute Gasteiger partial charge is 0.127 e. The van der Waals surface area contributed by atoms with Gasteiger partial charge in [-0.15, -0.1) is 0 Å². The first-order valence-electron chi connectivity index (χ1n) is 2.65. The third-order valence-electron chi connectivity index (χ3n) is 1.10. The lowest BCUT2D eigenvalue weighted by Gasteiger charge is -1.97. The van der Waals surface area contributed by atoms with Crippen LogP contribution in [0.1, 0.15) is 13.8 Å². The molecule has 0 bridgehead atoms. The van der Waals surface area contributed by atoms with Crippen LogP contribution in [0.5, 0.6) is 0 Å². The summed E-state index contributed by atoms with van der Waals surface area (Å²) in [5.41, 5.74) is 6.99. The topological polar surface area (TPSA) is 38.4 Å². The zero-order valence-corrected chi connectivity index (χ0v) is 6.66. The average molecular weight is 147 g/mol. The van der Waals surface area contributed by atoms with Gasteiger partial charge in [0.05, 0.1) is 0 Å². The van der Waals surface area contributed by atoms with Crippen molar-refractivity contribution in [3.8, 4) is 0 Å². The zero-order valence-electron chi connectivity index (χ0n) is 5.90. The molecule has 0 aromatic heterocycles. The Hall–Kier alpha value is -0.500. The van der Waals surface area contributed by atoms with E-state index in [2.05, 4.69) is 4.99 Å². The maximum absolute atomic E-state index is 5.62. The fourth-order valence-corrected chi connectivity index (χ4v) is 0.479. The van der Waals surface area contributed by atoms with Gasteiger partial charge in [-0.2, -0.15) is 0 Å². The predicted octanol–water partition coefficient (Wildman–Crippen LogP) is 1.51. The Kier molecular flexibility index (Phi) is 3.32. The van der Waals surface area contributed by atoms with Crippen molar-refractivity contribution in [2.75, 3.05) is 7.05 Å². The van der Waals surface area contributed by atoms with E-state index in [9.17, 15) is 0 Å². The van der Waals surface area contributed by atoms with Crippen LogP contribution < -0.4 is 5.73 Å². The molecule has 0 aromatic carbocycles. The second-order valence-electron chi connectivity index (χ2n) is 1.82. The number of aliphatic imine (C=N–C) groups is 1. The van der Waals surface area contributed by atoms with Crippen LogP contribution in [0, 0.1) is 0 Å². The van der Waals surface area contributed by atoms with Gasteiger partial charge in [0.15, 0.2) is 0 Å². The molecule has 2 N–H and O–H groups in total. The molecule has 9 heavy (non-hydrogen) atoms. The summed E-state index contributed by atoms with van der Waals surface area (Å²) in [6.45, 7) is 3.63. The van der Waals surface area contributed by atoms with Crippen molar-refractivity contribution in [2.24, 2.45) is 10.7 Å². The van der Waals surface area contributed by atoms with Crippen molar-refractivity contribution in [3.05, 3.63) is 11.3 Å². The Bertz CT molecular complexity index is 154. The molecular formula is C6H11ClN2. The number of rotatable bonds is 1. The van der Waals surface area contributed by atoms with Crippen molar-refractivity contribution in [2.45, 2.75) is 13.8 Å². The highest BCUT2D eigenvalue weighted by Crippen LogP contribution is 2.03. The molecule has 0 amide bonds. The number of halogens is 1. The second-order valence-corrected chi connectivity index (χ2v) is 2.18. The molecule has 0 aromatic rings. The summed E-state index contributed by atoms with van der Waals surface area (Å²) in [6.07, 6.45) is 0. The summed E-state index contributed by atoms with van der Waals surface area (Å²) in [6, 6.07) is 0. The molecule has 0 radical (unpaired) electrons. The molecule has 0 aliphatic carbocycles. The van der Waals surface area contributed by atoms with Gasteiger partial charge in [0.25, 0.3) is 0 Å². The Labute approximate surface area is 60.4 Å². The lowest BCUT2D eigenvalue weighted by molar-refractivity contribution is 1.25. The molecule has 0 fully saturated rings. The molecule has 0 spiro atoms. The minimum atomic E-state index is 0.481. The lowest BCUT2D eigenvalue weighted by Crippen LogP contribution is -2.00. The molecule has 0 aliphatic heterocycles. The van der Waals surface area contributed by atoms with Crippen LogP contribution in [0.4, 0.5) is 0 Å². The molecule has 2 nitrogen and oxygen atoms in total. The summed E-state index contributed by atoms with van der Waals surface area (Å²) in [5, 5.41) is 0.481. The van der Waals surface area contributed by atoms with E-state index < -0.39 is 0 Å². The fourth-order valence-electron chi connectivity index (χ4n) is 0.330. The van der Waals surface area contributed by atoms with Crippen LogP contribution in [0.25, 0.3) is 0 Å². The van der Waals surface area contributed by atoms with E-state index in [-0.39, 0.29) is 0 Å². The van der Waals surface area contributed by atoms with Gasteiger partial charge in [-0.1, -0.05) is 11.6 Å². The van der Waals surface area contributed by atoms with Gasteiger partial charge < -0.3 is 5.73 Å². The van der Waals surface area contributed by atoms with E-state index >= 15 is 0 Å². The van der Waals surface area contributed by atoms with Crippen LogP contribution in [0.2, 0.25) is 0 Å². The normalized spacial score (nSPS) is 15.3. The zero-order chi connectivity index (χ0) is 7.44. The molecule has 0 atom stereocenters. The van der Waals surface area contributed by atoms with Crippen molar-refractivity contribution >= 4 is 16.8 Å².